The third kappa shape index (κ3) is 13.5. The smallest absolute Gasteiger partial charge is 0.241 e. The number of rotatable bonds is 17. The van der Waals surface area contributed by atoms with Crippen molar-refractivity contribution in [1.29, 1.82) is 0 Å². The lowest BCUT2D eigenvalue weighted by atomic mass is 10.0. The van der Waals surface area contributed by atoms with Crippen molar-refractivity contribution < 1.29 is 4.79 Å². The van der Waals surface area contributed by atoms with Crippen LogP contribution in [0.3, 0.4) is 0 Å². The zero-order valence-electron chi connectivity index (χ0n) is 17.6. The van der Waals surface area contributed by atoms with Crippen molar-refractivity contribution in [2.24, 2.45) is 5.73 Å². The lowest BCUT2D eigenvalue weighted by Crippen LogP contribution is -2.35. The van der Waals surface area contributed by atoms with Gasteiger partial charge in [-0.05, 0) is 18.6 Å². The van der Waals surface area contributed by atoms with E-state index in [9.17, 15) is 4.79 Å². The first-order valence-corrected chi connectivity index (χ1v) is 11.4. The summed E-state index contributed by atoms with van der Waals surface area (Å²) in [5.74, 6) is -0.0732. The highest BCUT2D eigenvalue weighted by molar-refractivity contribution is 5.94. The Balaban J connectivity index is 1.86. The number of hydrogen-bond acceptors (Lipinski definition) is 2. The molecule has 1 aromatic carbocycles. The number of carbonyl (C=O) groups is 1. The van der Waals surface area contributed by atoms with Gasteiger partial charge >= 0.3 is 0 Å². The van der Waals surface area contributed by atoms with Crippen LogP contribution in [0, 0.1) is 0 Å². The van der Waals surface area contributed by atoms with Gasteiger partial charge in [-0.15, -0.1) is 0 Å². The Labute approximate surface area is 167 Å². The van der Waals surface area contributed by atoms with Gasteiger partial charge < -0.3 is 11.1 Å². The van der Waals surface area contributed by atoms with Gasteiger partial charge in [0.25, 0.3) is 0 Å². The van der Waals surface area contributed by atoms with E-state index in [2.05, 4.69) is 12.2 Å². The predicted octanol–water partition coefficient (Wildman–Crippen LogP) is 6.82. The molecule has 154 valence electrons. The number of hydrogen-bond donors (Lipinski definition) is 2. The summed E-state index contributed by atoms with van der Waals surface area (Å²) in [6.07, 6.45) is 19.6. The Bertz CT molecular complexity index is 461. The summed E-state index contributed by atoms with van der Waals surface area (Å²) in [6.45, 7) is 2.27. The molecule has 1 amide bonds. The number of unbranched alkanes of at least 4 members (excludes halogenated alkanes) is 13. The molecule has 0 heterocycles. The molecule has 0 aromatic heterocycles. The van der Waals surface area contributed by atoms with Crippen LogP contribution in [0.2, 0.25) is 0 Å². The van der Waals surface area contributed by atoms with Crippen LogP contribution in [-0.2, 0) is 4.79 Å². The molecule has 0 aliphatic heterocycles. The Morgan fingerprint density at radius 3 is 1.70 bits per heavy atom. The maximum absolute atomic E-state index is 12.0. The Morgan fingerprint density at radius 1 is 0.778 bits per heavy atom. The van der Waals surface area contributed by atoms with Gasteiger partial charge in [-0.3, -0.25) is 4.79 Å². The van der Waals surface area contributed by atoms with Crippen molar-refractivity contribution in [2.75, 3.05) is 5.32 Å². The molecule has 3 nitrogen and oxygen atoms in total. The molecule has 0 bridgehead atoms. The Morgan fingerprint density at radius 2 is 1.22 bits per heavy atom. The topological polar surface area (TPSA) is 55.1 Å². The third-order valence-corrected chi connectivity index (χ3v) is 5.25. The first-order chi connectivity index (χ1) is 13.2. The molecule has 0 fully saturated rings. The van der Waals surface area contributed by atoms with Crippen LogP contribution in [0.4, 0.5) is 5.69 Å². The molecule has 0 spiro atoms. The van der Waals surface area contributed by atoms with Gasteiger partial charge in [-0.2, -0.15) is 0 Å². The molecular formula is C24H42N2O. The summed E-state index contributed by atoms with van der Waals surface area (Å²) in [6, 6.07) is 9.13. The molecular weight excluding hydrogens is 332 g/mol. The van der Waals surface area contributed by atoms with Gasteiger partial charge in [-0.1, -0.05) is 115 Å². The molecule has 1 unspecified atom stereocenters. The molecule has 27 heavy (non-hydrogen) atoms. The average molecular weight is 375 g/mol. The zero-order valence-corrected chi connectivity index (χ0v) is 17.6. The van der Waals surface area contributed by atoms with Gasteiger partial charge in [0.15, 0.2) is 0 Å². The van der Waals surface area contributed by atoms with E-state index < -0.39 is 6.04 Å². The maximum Gasteiger partial charge on any atom is 0.241 e. The minimum absolute atomic E-state index is 0.0732. The molecule has 3 heteroatoms. The van der Waals surface area contributed by atoms with E-state index in [-0.39, 0.29) is 5.91 Å². The zero-order chi connectivity index (χ0) is 19.6. The quantitative estimate of drug-likeness (QED) is 0.294. The van der Waals surface area contributed by atoms with Gasteiger partial charge in [0.05, 0.1) is 6.04 Å². The number of nitrogens with one attached hydrogen (secondary N) is 1. The lowest BCUT2D eigenvalue weighted by Gasteiger charge is -2.12. The molecule has 0 aliphatic rings. The van der Waals surface area contributed by atoms with Crippen LogP contribution in [-0.4, -0.2) is 11.9 Å². The average Bonchev–Trinajstić information content (AvgIpc) is 2.68. The second kappa shape index (κ2) is 16.8. The van der Waals surface area contributed by atoms with Gasteiger partial charge in [0.1, 0.15) is 0 Å². The molecule has 1 aromatic rings. The van der Waals surface area contributed by atoms with Crippen molar-refractivity contribution in [1.82, 2.24) is 0 Å². The Hall–Kier alpha value is -1.35. The van der Waals surface area contributed by atoms with Crippen molar-refractivity contribution in [3.8, 4) is 0 Å². The monoisotopic (exact) mass is 374 g/mol. The number of carbonyl (C=O) groups excluding carboxylic acids is 1. The maximum atomic E-state index is 12.0. The van der Waals surface area contributed by atoms with Crippen molar-refractivity contribution in [3.63, 3.8) is 0 Å². The summed E-state index contributed by atoms with van der Waals surface area (Å²) in [4.78, 5) is 12.0. The minimum atomic E-state index is -0.400. The van der Waals surface area contributed by atoms with Crippen molar-refractivity contribution in [2.45, 2.75) is 109 Å². The number of benzene rings is 1. The lowest BCUT2D eigenvalue weighted by molar-refractivity contribution is -0.117. The molecule has 0 radical (unpaired) electrons. The number of anilines is 1. The minimum Gasteiger partial charge on any atom is -0.325 e. The third-order valence-electron chi connectivity index (χ3n) is 5.25. The number of amides is 1. The molecule has 3 N–H and O–H groups in total. The fourth-order valence-electron chi connectivity index (χ4n) is 3.45. The van der Waals surface area contributed by atoms with Crippen LogP contribution in [0.5, 0.6) is 0 Å². The molecule has 0 aliphatic carbocycles. The molecule has 0 saturated carbocycles. The number of nitrogens with two attached hydrogens (primary N) is 1. The largest absolute Gasteiger partial charge is 0.325 e. The number of para-hydroxylation sites is 1. The van der Waals surface area contributed by atoms with Gasteiger partial charge in [0.2, 0.25) is 5.91 Å². The summed E-state index contributed by atoms with van der Waals surface area (Å²) < 4.78 is 0. The molecule has 1 rings (SSSR count). The fraction of sp³-hybridized carbons (Fsp3) is 0.708. The SMILES string of the molecule is CCCCCCCCCCCCCCCCC(N)C(=O)Nc1ccccc1. The second-order valence-corrected chi connectivity index (χ2v) is 7.85. The highest BCUT2D eigenvalue weighted by Gasteiger charge is 2.12. The first kappa shape index (κ1) is 23.7. The van der Waals surface area contributed by atoms with Crippen LogP contribution in [0.15, 0.2) is 30.3 Å². The summed E-state index contributed by atoms with van der Waals surface area (Å²) in [7, 11) is 0. The molecule has 0 saturated heterocycles. The van der Waals surface area contributed by atoms with E-state index >= 15 is 0 Å². The van der Waals surface area contributed by atoms with E-state index in [1.807, 2.05) is 30.3 Å². The molecule has 1 atom stereocenters. The fourth-order valence-corrected chi connectivity index (χ4v) is 3.45. The standard InChI is InChI=1S/C24H42N2O/c1-2-3-4-5-6-7-8-9-10-11-12-13-14-18-21-23(25)24(27)26-22-19-16-15-17-20-22/h15-17,19-20,23H,2-14,18,21,25H2,1H3,(H,26,27). The van der Waals surface area contributed by atoms with Crippen molar-refractivity contribution in [3.05, 3.63) is 30.3 Å². The van der Waals surface area contributed by atoms with Gasteiger partial charge in [-0.25, -0.2) is 0 Å². The normalized spacial score (nSPS) is 12.1. The summed E-state index contributed by atoms with van der Waals surface area (Å²) in [5.41, 5.74) is 6.82. The first-order valence-electron chi connectivity index (χ1n) is 11.4. The highest BCUT2D eigenvalue weighted by atomic mass is 16.2. The van der Waals surface area contributed by atoms with Crippen LogP contribution < -0.4 is 11.1 Å². The van der Waals surface area contributed by atoms with Crippen LogP contribution in [0.1, 0.15) is 103 Å². The summed E-state index contributed by atoms with van der Waals surface area (Å²) in [5, 5.41) is 2.88. The van der Waals surface area contributed by atoms with Crippen LogP contribution in [0.25, 0.3) is 0 Å². The second-order valence-electron chi connectivity index (χ2n) is 7.85. The van der Waals surface area contributed by atoms with E-state index in [0.717, 1.165) is 18.5 Å². The Kier molecular flexibility index (Phi) is 14.7. The van der Waals surface area contributed by atoms with Gasteiger partial charge in [0, 0.05) is 5.69 Å². The van der Waals surface area contributed by atoms with Crippen molar-refractivity contribution >= 4 is 11.6 Å². The van der Waals surface area contributed by atoms with Crippen LogP contribution >= 0.6 is 0 Å². The summed E-state index contributed by atoms with van der Waals surface area (Å²) >= 11 is 0. The van der Waals surface area contributed by atoms with E-state index in [1.54, 1.807) is 0 Å². The van der Waals surface area contributed by atoms with E-state index in [1.165, 1.54) is 83.5 Å². The highest BCUT2D eigenvalue weighted by Crippen LogP contribution is 2.14. The predicted molar refractivity (Wildman–Crippen MR) is 118 cm³/mol. The van der Waals surface area contributed by atoms with E-state index in [0.29, 0.717) is 0 Å². The van der Waals surface area contributed by atoms with E-state index in [4.69, 9.17) is 5.73 Å².